The lowest BCUT2D eigenvalue weighted by Crippen LogP contribution is -2.14. The summed E-state index contributed by atoms with van der Waals surface area (Å²) in [6.07, 6.45) is 2.37. The number of aryl methyl sites for hydroxylation is 1. The van der Waals surface area contributed by atoms with Gasteiger partial charge in [0.2, 0.25) is 0 Å². The third-order valence-electron chi connectivity index (χ3n) is 2.77. The van der Waals surface area contributed by atoms with Gasteiger partial charge in [0, 0.05) is 18.8 Å². The average molecular weight is 316 g/mol. The van der Waals surface area contributed by atoms with Gasteiger partial charge in [-0.3, -0.25) is 9.40 Å². The van der Waals surface area contributed by atoms with E-state index in [1.165, 1.54) is 17.8 Å². The Morgan fingerprint density at radius 3 is 2.71 bits per heavy atom. The van der Waals surface area contributed by atoms with Gasteiger partial charge in [0.1, 0.15) is 16.5 Å². The molecule has 3 N–H and O–H groups in total. The highest BCUT2D eigenvalue weighted by molar-refractivity contribution is 7.92. The minimum absolute atomic E-state index is 0.0891. The zero-order valence-corrected chi connectivity index (χ0v) is 12.0. The van der Waals surface area contributed by atoms with Gasteiger partial charge < -0.3 is 5.73 Å². The Kier molecular flexibility index (Phi) is 4.24. The maximum atomic E-state index is 13.7. The minimum Gasteiger partial charge on any atom is -0.329 e. The van der Waals surface area contributed by atoms with Crippen molar-refractivity contribution in [2.75, 3.05) is 11.3 Å². The van der Waals surface area contributed by atoms with Crippen molar-refractivity contribution in [3.8, 4) is 0 Å². The first kappa shape index (κ1) is 15.4. The number of halogens is 2. The summed E-state index contributed by atoms with van der Waals surface area (Å²) in [5.74, 6) is -1.56. The number of nitrogens with one attached hydrogen (secondary N) is 1. The number of nitrogens with two attached hydrogens (primary N) is 1. The zero-order chi connectivity index (χ0) is 15.6. The molecular weight excluding hydrogens is 302 g/mol. The number of rotatable bonds is 5. The van der Waals surface area contributed by atoms with Gasteiger partial charge in [0.25, 0.3) is 10.0 Å². The molecule has 1 aromatic heterocycles. The number of benzene rings is 1. The molecule has 1 heterocycles. The highest BCUT2D eigenvalue weighted by Gasteiger charge is 2.19. The van der Waals surface area contributed by atoms with Crippen LogP contribution in [-0.2, 0) is 16.6 Å². The van der Waals surface area contributed by atoms with Crippen LogP contribution in [-0.4, -0.2) is 24.7 Å². The maximum absolute atomic E-state index is 13.7. The molecule has 2 rings (SSSR count). The van der Waals surface area contributed by atoms with Crippen molar-refractivity contribution in [3.05, 3.63) is 41.7 Å². The largest absolute Gasteiger partial charge is 0.329 e. The summed E-state index contributed by atoms with van der Waals surface area (Å²) in [4.78, 5) is -0.156. The Morgan fingerprint density at radius 1 is 1.33 bits per heavy atom. The van der Waals surface area contributed by atoms with E-state index in [4.69, 9.17) is 5.73 Å². The van der Waals surface area contributed by atoms with Crippen LogP contribution >= 0.6 is 0 Å². The van der Waals surface area contributed by atoms with Crippen LogP contribution in [0, 0.1) is 18.6 Å². The van der Waals surface area contributed by atoms with Crippen LogP contribution in [0.2, 0.25) is 0 Å². The van der Waals surface area contributed by atoms with Gasteiger partial charge >= 0.3 is 0 Å². The van der Waals surface area contributed by atoms with E-state index >= 15 is 0 Å². The normalized spacial score (nSPS) is 11.6. The van der Waals surface area contributed by atoms with E-state index in [1.807, 2.05) is 4.72 Å². The topological polar surface area (TPSA) is 90.0 Å². The lowest BCUT2D eigenvalue weighted by molar-refractivity contribution is 0.590. The van der Waals surface area contributed by atoms with Crippen LogP contribution in [0.5, 0.6) is 0 Å². The standard InChI is InChI=1S/C12H14F2N4O2S/c1-8-4-11(14)12(5-10(8)13)17-21(19,20)9-6-16-18(7-9)3-2-15/h4-7,17H,2-3,15H2,1H3. The summed E-state index contributed by atoms with van der Waals surface area (Å²) in [6, 6.07) is 1.72. The lowest BCUT2D eigenvalue weighted by atomic mass is 10.2. The van der Waals surface area contributed by atoms with Crippen LogP contribution < -0.4 is 10.5 Å². The molecular formula is C12H14F2N4O2S. The average Bonchev–Trinajstić information content (AvgIpc) is 2.86. The van der Waals surface area contributed by atoms with E-state index in [0.717, 1.165) is 18.3 Å². The molecule has 0 aliphatic carbocycles. The van der Waals surface area contributed by atoms with Crippen molar-refractivity contribution in [2.24, 2.45) is 5.73 Å². The monoisotopic (exact) mass is 316 g/mol. The van der Waals surface area contributed by atoms with Crippen LogP contribution in [0.25, 0.3) is 0 Å². The minimum atomic E-state index is -4.04. The molecule has 0 radical (unpaired) electrons. The third kappa shape index (κ3) is 3.37. The van der Waals surface area contributed by atoms with Gasteiger partial charge in [0.15, 0.2) is 0 Å². The molecule has 0 amide bonds. The van der Waals surface area contributed by atoms with Crippen molar-refractivity contribution in [3.63, 3.8) is 0 Å². The molecule has 1 aromatic carbocycles. The molecule has 6 nitrogen and oxygen atoms in total. The quantitative estimate of drug-likeness (QED) is 0.868. The summed E-state index contributed by atoms with van der Waals surface area (Å²) < 4.78 is 54.6. The maximum Gasteiger partial charge on any atom is 0.265 e. The molecule has 9 heteroatoms. The molecule has 2 aromatic rings. The number of hydrogen-bond donors (Lipinski definition) is 2. The second-order valence-corrected chi connectivity index (χ2v) is 6.10. The van der Waals surface area contributed by atoms with Gasteiger partial charge in [-0.15, -0.1) is 0 Å². The van der Waals surface area contributed by atoms with Crippen LogP contribution in [0.15, 0.2) is 29.4 Å². The zero-order valence-electron chi connectivity index (χ0n) is 11.2. The first-order chi connectivity index (χ1) is 9.83. The van der Waals surface area contributed by atoms with Gasteiger partial charge in [-0.1, -0.05) is 0 Å². The molecule has 0 atom stereocenters. The number of aromatic nitrogens is 2. The molecule has 0 saturated carbocycles. The summed E-state index contributed by atoms with van der Waals surface area (Å²) in [6.45, 7) is 2.03. The second kappa shape index (κ2) is 5.78. The van der Waals surface area contributed by atoms with E-state index in [2.05, 4.69) is 5.10 Å². The van der Waals surface area contributed by atoms with Gasteiger partial charge in [-0.05, 0) is 18.6 Å². The molecule has 0 aliphatic heterocycles. The first-order valence-corrected chi connectivity index (χ1v) is 7.53. The number of hydrogen-bond acceptors (Lipinski definition) is 4. The Balaban J connectivity index is 2.30. The van der Waals surface area contributed by atoms with Crippen molar-refractivity contribution in [1.29, 1.82) is 0 Å². The molecule has 0 aliphatic rings. The van der Waals surface area contributed by atoms with Gasteiger partial charge in [-0.25, -0.2) is 17.2 Å². The van der Waals surface area contributed by atoms with E-state index in [1.54, 1.807) is 0 Å². The van der Waals surface area contributed by atoms with E-state index in [0.29, 0.717) is 13.1 Å². The molecule has 0 saturated heterocycles. The molecule has 0 spiro atoms. The van der Waals surface area contributed by atoms with Crippen LogP contribution in [0.4, 0.5) is 14.5 Å². The Bertz CT molecular complexity index is 759. The second-order valence-electron chi connectivity index (χ2n) is 4.41. The van der Waals surface area contributed by atoms with Crippen molar-refractivity contribution >= 4 is 15.7 Å². The van der Waals surface area contributed by atoms with Crippen molar-refractivity contribution < 1.29 is 17.2 Å². The van der Waals surface area contributed by atoms with Gasteiger partial charge in [0.05, 0.1) is 18.4 Å². The van der Waals surface area contributed by atoms with Crippen LogP contribution in [0.3, 0.4) is 0 Å². The fourth-order valence-corrected chi connectivity index (χ4v) is 2.68. The van der Waals surface area contributed by atoms with Crippen molar-refractivity contribution in [2.45, 2.75) is 18.4 Å². The fraction of sp³-hybridized carbons (Fsp3) is 0.250. The number of anilines is 1. The fourth-order valence-electron chi connectivity index (χ4n) is 1.67. The van der Waals surface area contributed by atoms with Crippen molar-refractivity contribution in [1.82, 2.24) is 9.78 Å². The molecule has 0 fully saturated rings. The Hall–Kier alpha value is -2.00. The summed E-state index contributed by atoms with van der Waals surface area (Å²) in [5, 5.41) is 3.82. The van der Waals surface area contributed by atoms with Crippen LogP contribution in [0.1, 0.15) is 5.56 Å². The van der Waals surface area contributed by atoms with E-state index < -0.39 is 27.3 Å². The molecule has 0 bridgehead atoms. The molecule has 21 heavy (non-hydrogen) atoms. The highest BCUT2D eigenvalue weighted by Crippen LogP contribution is 2.22. The lowest BCUT2D eigenvalue weighted by Gasteiger charge is -2.08. The predicted octanol–water partition coefficient (Wildman–Crippen LogP) is 1.23. The van der Waals surface area contributed by atoms with Gasteiger partial charge in [-0.2, -0.15) is 5.10 Å². The Labute approximate surface area is 120 Å². The predicted molar refractivity (Wildman–Crippen MR) is 73.2 cm³/mol. The van der Waals surface area contributed by atoms with E-state index in [9.17, 15) is 17.2 Å². The first-order valence-electron chi connectivity index (χ1n) is 6.04. The van der Waals surface area contributed by atoms with E-state index in [-0.39, 0.29) is 10.5 Å². The number of nitrogens with zero attached hydrogens (tertiary/aromatic N) is 2. The summed E-state index contributed by atoms with van der Waals surface area (Å²) >= 11 is 0. The highest BCUT2D eigenvalue weighted by atomic mass is 32.2. The third-order valence-corrected chi connectivity index (χ3v) is 4.09. The molecule has 0 unspecified atom stereocenters. The number of sulfonamides is 1. The summed E-state index contributed by atoms with van der Waals surface area (Å²) in [5.41, 5.74) is 4.97. The summed E-state index contributed by atoms with van der Waals surface area (Å²) in [7, 11) is -4.04. The SMILES string of the molecule is Cc1cc(F)c(NS(=O)(=O)c2cnn(CCN)c2)cc1F. The Morgan fingerprint density at radius 2 is 2.05 bits per heavy atom. The molecule has 114 valence electrons. The smallest absolute Gasteiger partial charge is 0.265 e.